The third-order valence-electron chi connectivity index (χ3n) is 7.18. The Hall–Kier alpha value is -3.86. The van der Waals surface area contributed by atoms with E-state index < -0.39 is 23.6 Å². The number of anilines is 1. The van der Waals surface area contributed by atoms with E-state index in [9.17, 15) is 19.6 Å². The van der Waals surface area contributed by atoms with E-state index in [4.69, 9.17) is 4.74 Å². The van der Waals surface area contributed by atoms with Gasteiger partial charge in [0.1, 0.15) is 18.7 Å². The Kier molecular flexibility index (Phi) is 7.82. The highest BCUT2D eigenvalue weighted by Gasteiger charge is 2.56. The maximum absolute atomic E-state index is 14.1. The van der Waals surface area contributed by atoms with Crippen LogP contribution in [0.2, 0.25) is 0 Å². The zero-order valence-electron chi connectivity index (χ0n) is 21.6. The van der Waals surface area contributed by atoms with Gasteiger partial charge in [0, 0.05) is 25.2 Å². The topological polar surface area (TPSA) is 103 Å². The lowest BCUT2D eigenvalue weighted by Gasteiger charge is -2.34. The Bertz CT molecular complexity index is 1190. The van der Waals surface area contributed by atoms with Gasteiger partial charge in [-0.25, -0.2) is 4.79 Å². The van der Waals surface area contributed by atoms with Gasteiger partial charge in [-0.15, -0.1) is 0 Å². The number of rotatable bonds is 8. The summed E-state index contributed by atoms with van der Waals surface area (Å²) in [7, 11) is 0. The van der Waals surface area contributed by atoms with Crippen molar-refractivity contribution in [1.29, 1.82) is 5.26 Å². The van der Waals surface area contributed by atoms with E-state index in [0.717, 1.165) is 11.1 Å². The molecule has 2 aromatic rings. The van der Waals surface area contributed by atoms with Crippen LogP contribution in [-0.4, -0.2) is 52.9 Å². The summed E-state index contributed by atoms with van der Waals surface area (Å²) < 4.78 is 5.62. The number of hydrogen-bond acceptors (Lipinski definition) is 5. The van der Waals surface area contributed by atoms with Crippen LogP contribution in [0.25, 0.3) is 0 Å². The van der Waals surface area contributed by atoms with Gasteiger partial charge in [0.05, 0.1) is 11.5 Å². The first-order valence-electron chi connectivity index (χ1n) is 12.9. The number of nitriles is 1. The summed E-state index contributed by atoms with van der Waals surface area (Å²) in [5, 5.41) is 12.9. The summed E-state index contributed by atoms with van der Waals surface area (Å²) in [6.07, 6.45) is 0.725. The Morgan fingerprint density at radius 3 is 2.57 bits per heavy atom. The highest BCUT2D eigenvalue weighted by Crippen LogP contribution is 2.46. The maximum Gasteiger partial charge on any atom is 0.410 e. The average molecular weight is 503 g/mol. The summed E-state index contributed by atoms with van der Waals surface area (Å²) >= 11 is 0. The summed E-state index contributed by atoms with van der Waals surface area (Å²) in [6, 6.07) is 17.5. The molecule has 2 heterocycles. The molecule has 8 heteroatoms. The second-order valence-electron chi connectivity index (χ2n) is 10.3. The van der Waals surface area contributed by atoms with Crippen molar-refractivity contribution < 1.29 is 19.1 Å². The van der Waals surface area contributed by atoms with Crippen LogP contribution in [0.1, 0.15) is 51.2 Å². The summed E-state index contributed by atoms with van der Waals surface area (Å²) in [6.45, 7) is 6.47. The molecule has 1 fully saturated rings. The van der Waals surface area contributed by atoms with Gasteiger partial charge in [0.2, 0.25) is 11.8 Å². The first-order chi connectivity index (χ1) is 17.8. The molecular formula is C29H34N4O4. The molecule has 1 saturated heterocycles. The number of fused-ring (bicyclic) bond motifs is 2. The predicted molar refractivity (Wildman–Crippen MR) is 139 cm³/mol. The van der Waals surface area contributed by atoms with Crippen molar-refractivity contribution in [3.63, 3.8) is 0 Å². The standard InChI is InChI=1S/C29H34N4O4/c1-4-14-32(28(36)37-18-21-10-6-5-7-11-21)25(15-20(2)3)26(34)33-19-29(16-22(33)17-30)23-12-8-9-13-24(23)31-27(29)35/h5-13,20,22,25H,4,14-16,18-19H2,1-3H3,(H,31,35)/t22-,25-,29-/m0/s1. The Labute approximate surface area is 218 Å². The second-order valence-corrected chi connectivity index (χ2v) is 10.3. The molecule has 0 aliphatic carbocycles. The van der Waals surface area contributed by atoms with Crippen LogP contribution >= 0.6 is 0 Å². The van der Waals surface area contributed by atoms with Crippen LogP contribution < -0.4 is 5.32 Å². The molecule has 194 valence electrons. The van der Waals surface area contributed by atoms with Crippen molar-refractivity contribution >= 4 is 23.6 Å². The molecule has 0 aromatic heterocycles. The molecule has 0 unspecified atom stereocenters. The van der Waals surface area contributed by atoms with Gasteiger partial charge in [-0.2, -0.15) is 5.26 Å². The number of likely N-dealkylation sites (tertiary alicyclic amines) is 1. The van der Waals surface area contributed by atoms with Crippen LogP contribution in [0.3, 0.4) is 0 Å². The fourth-order valence-electron chi connectivity index (χ4n) is 5.40. The van der Waals surface area contributed by atoms with Crippen molar-refractivity contribution in [2.75, 3.05) is 18.4 Å². The molecule has 0 radical (unpaired) electrons. The van der Waals surface area contributed by atoms with Gasteiger partial charge < -0.3 is 15.0 Å². The minimum absolute atomic E-state index is 0.0977. The molecule has 3 amide bonds. The van der Waals surface area contributed by atoms with Crippen LogP contribution in [0.4, 0.5) is 10.5 Å². The van der Waals surface area contributed by atoms with Crippen LogP contribution in [0, 0.1) is 17.2 Å². The number of hydrogen-bond donors (Lipinski definition) is 1. The van der Waals surface area contributed by atoms with Crippen molar-refractivity contribution in [3.8, 4) is 6.07 Å². The highest BCUT2D eigenvalue weighted by atomic mass is 16.6. The Balaban J connectivity index is 1.61. The second kappa shape index (κ2) is 11.0. The summed E-state index contributed by atoms with van der Waals surface area (Å²) in [4.78, 5) is 43.5. The lowest BCUT2D eigenvalue weighted by atomic mass is 9.80. The van der Waals surface area contributed by atoms with E-state index >= 15 is 0 Å². The zero-order valence-corrected chi connectivity index (χ0v) is 21.6. The SMILES string of the molecule is CCCN(C(=O)OCc1ccccc1)[C@@H](CC(C)C)C(=O)N1C[C@]2(C[C@H]1C#N)C(=O)Nc1ccccc12. The number of carbonyl (C=O) groups is 3. The molecule has 8 nitrogen and oxygen atoms in total. The quantitative estimate of drug-likeness (QED) is 0.574. The number of nitrogens with zero attached hydrogens (tertiary/aromatic N) is 3. The fourth-order valence-corrected chi connectivity index (χ4v) is 5.40. The highest BCUT2D eigenvalue weighted by molar-refractivity contribution is 6.07. The van der Waals surface area contributed by atoms with E-state index in [0.29, 0.717) is 25.1 Å². The Morgan fingerprint density at radius 1 is 1.19 bits per heavy atom. The van der Waals surface area contributed by atoms with E-state index in [1.54, 1.807) is 0 Å². The first kappa shape index (κ1) is 26.2. The minimum Gasteiger partial charge on any atom is -0.445 e. The monoisotopic (exact) mass is 502 g/mol. The third kappa shape index (κ3) is 5.17. The molecular weight excluding hydrogens is 468 g/mol. The number of benzene rings is 2. The molecule has 2 aromatic carbocycles. The molecule has 4 rings (SSSR count). The van der Waals surface area contributed by atoms with Gasteiger partial charge in [-0.3, -0.25) is 14.5 Å². The molecule has 0 bridgehead atoms. The number of nitrogens with one attached hydrogen (secondary N) is 1. The number of carbonyl (C=O) groups excluding carboxylic acids is 3. The lowest BCUT2D eigenvalue weighted by molar-refractivity contribution is -0.137. The Morgan fingerprint density at radius 2 is 1.89 bits per heavy atom. The summed E-state index contributed by atoms with van der Waals surface area (Å²) in [5.41, 5.74) is 1.41. The minimum atomic E-state index is -0.974. The van der Waals surface area contributed by atoms with E-state index in [1.165, 1.54) is 9.80 Å². The van der Waals surface area contributed by atoms with Gasteiger partial charge in [0.15, 0.2) is 0 Å². The van der Waals surface area contributed by atoms with Crippen LogP contribution in [-0.2, 0) is 26.3 Å². The van der Waals surface area contributed by atoms with Gasteiger partial charge in [0.25, 0.3) is 0 Å². The average Bonchev–Trinajstić information content (AvgIpc) is 3.42. The van der Waals surface area contributed by atoms with E-state index in [2.05, 4.69) is 11.4 Å². The van der Waals surface area contributed by atoms with E-state index in [1.807, 2.05) is 75.4 Å². The van der Waals surface area contributed by atoms with Crippen LogP contribution in [0.15, 0.2) is 54.6 Å². The van der Waals surface area contributed by atoms with Crippen molar-refractivity contribution in [3.05, 3.63) is 65.7 Å². The molecule has 1 N–H and O–H groups in total. The molecule has 2 aliphatic rings. The summed E-state index contributed by atoms with van der Waals surface area (Å²) in [5.74, 6) is -0.403. The molecule has 2 aliphatic heterocycles. The third-order valence-corrected chi connectivity index (χ3v) is 7.18. The molecule has 0 saturated carbocycles. The van der Waals surface area contributed by atoms with E-state index in [-0.39, 0.29) is 37.3 Å². The van der Waals surface area contributed by atoms with Gasteiger partial charge in [-0.1, -0.05) is 69.3 Å². The van der Waals surface area contributed by atoms with Crippen molar-refractivity contribution in [2.24, 2.45) is 5.92 Å². The van der Waals surface area contributed by atoms with Gasteiger partial charge in [-0.05, 0) is 36.0 Å². The lowest BCUT2D eigenvalue weighted by Crippen LogP contribution is -2.53. The molecule has 37 heavy (non-hydrogen) atoms. The number of ether oxygens (including phenoxy) is 1. The normalized spacial score (nSPS) is 20.9. The zero-order chi connectivity index (χ0) is 26.6. The van der Waals surface area contributed by atoms with Crippen molar-refractivity contribution in [1.82, 2.24) is 9.80 Å². The maximum atomic E-state index is 14.1. The van der Waals surface area contributed by atoms with Gasteiger partial charge >= 0.3 is 6.09 Å². The fraction of sp³-hybridized carbons (Fsp3) is 0.448. The largest absolute Gasteiger partial charge is 0.445 e. The first-order valence-corrected chi connectivity index (χ1v) is 12.9. The number of para-hydroxylation sites is 1. The number of amides is 3. The van der Waals surface area contributed by atoms with Crippen LogP contribution in [0.5, 0.6) is 0 Å². The predicted octanol–water partition coefficient (Wildman–Crippen LogP) is 4.46. The molecule has 3 atom stereocenters. The smallest absolute Gasteiger partial charge is 0.410 e. The molecule has 1 spiro atoms. The van der Waals surface area contributed by atoms with Crippen molar-refractivity contribution in [2.45, 2.75) is 64.1 Å².